The number of hydrogen-bond acceptors (Lipinski definition) is 5. The molecule has 146 valence electrons. The molecule has 6 nitrogen and oxygen atoms in total. The van der Waals surface area contributed by atoms with Crippen LogP contribution in [0.25, 0.3) is 0 Å². The number of carbonyl (C=O) groups excluding carboxylic acids is 1. The lowest BCUT2D eigenvalue weighted by Gasteiger charge is -2.42. The van der Waals surface area contributed by atoms with Gasteiger partial charge in [-0.3, -0.25) is 9.59 Å². The van der Waals surface area contributed by atoms with Crippen LogP contribution in [0.4, 0.5) is 13.2 Å². The van der Waals surface area contributed by atoms with Gasteiger partial charge in [-0.1, -0.05) is 35.4 Å². The van der Waals surface area contributed by atoms with Crippen LogP contribution in [0.1, 0.15) is 33.1 Å². The summed E-state index contributed by atoms with van der Waals surface area (Å²) in [6.07, 6.45) is -2.92. The maximum Gasteiger partial charge on any atom is 0.490 e. The van der Waals surface area contributed by atoms with E-state index in [9.17, 15) is 22.8 Å². The van der Waals surface area contributed by atoms with Crippen molar-refractivity contribution in [1.82, 2.24) is 5.32 Å². The van der Waals surface area contributed by atoms with Crippen molar-refractivity contribution in [2.24, 2.45) is 11.3 Å². The van der Waals surface area contributed by atoms with E-state index in [1.54, 1.807) is 21.6 Å². The van der Waals surface area contributed by atoms with Crippen LogP contribution in [-0.4, -0.2) is 52.3 Å². The van der Waals surface area contributed by atoms with Crippen molar-refractivity contribution in [1.29, 1.82) is 0 Å². The minimum absolute atomic E-state index is 0.152. The third kappa shape index (κ3) is 10.5. The summed E-state index contributed by atoms with van der Waals surface area (Å²) in [5.41, 5.74) is -0.152. The van der Waals surface area contributed by atoms with Crippen LogP contribution in [0.3, 0.4) is 0 Å². The lowest BCUT2D eigenvalue weighted by molar-refractivity contribution is -0.192. The molecule has 1 amide bonds. The van der Waals surface area contributed by atoms with E-state index in [4.69, 9.17) is 15.0 Å². The van der Waals surface area contributed by atoms with Gasteiger partial charge in [-0.25, -0.2) is 4.79 Å². The summed E-state index contributed by atoms with van der Waals surface area (Å²) in [4.78, 5) is 31.0. The molecule has 0 aromatic rings. The number of amides is 1. The number of rotatable bonds is 8. The molecule has 1 fully saturated rings. The van der Waals surface area contributed by atoms with Gasteiger partial charge >= 0.3 is 18.1 Å². The first kappa shape index (κ1) is 23.9. The SMILES string of the molecule is CC1CC(C)(C(=O)NCCSSCCC(=O)O)C1.O=C(O)C(F)(F)F. The predicted molar refractivity (Wildman–Crippen MR) is 90.4 cm³/mol. The quantitative estimate of drug-likeness (QED) is 0.421. The number of halogens is 3. The average Bonchev–Trinajstić information content (AvgIpc) is 2.43. The number of carboxylic acids is 2. The summed E-state index contributed by atoms with van der Waals surface area (Å²) >= 11 is 0. The van der Waals surface area contributed by atoms with Gasteiger partial charge in [0.25, 0.3) is 0 Å². The first-order valence-corrected chi connectivity index (χ1v) is 9.92. The molecule has 0 saturated heterocycles. The van der Waals surface area contributed by atoms with Crippen molar-refractivity contribution < 1.29 is 37.8 Å². The average molecular weight is 405 g/mol. The second kappa shape index (κ2) is 10.8. The van der Waals surface area contributed by atoms with E-state index in [1.807, 2.05) is 6.92 Å². The molecule has 0 atom stereocenters. The number of alkyl halides is 3. The Kier molecular flexibility index (Phi) is 10.3. The fourth-order valence-electron chi connectivity index (χ4n) is 2.33. The molecular formula is C14H22F3NO5S2. The highest BCUT2D eigenvalue weighted by Crippen LogP contribution is 2.45. The highest BCUT2D eigenvalue weighted by molar-refractivity contribution is 8.76. The van der Waals surface area contributed by atoms with Crippen LogP contribution in [0.2, 0.25) is 0 Å². The Balaban J connectivity index is 0.000000697. The van der Waals surface area contributed by atoms with Gasteiger partial charge in [-0.05, 0) is 18.8 Å². The van der Waals surface area contributed by atoms with Crippen molar-refractivity contribution in [2.45, 2.75) is 39.3 Å². The number of carbonyl (C=O) groups is 3. The third-order valence-corrected chi connectivity index (χ3v) is 5.75. The zero-order chi connectivity index (χ0) is 19.7. The van der Waals surface area contributed by atoms with Crippen molar-refractivity contribution in [3.05, 3.63) is 0 Å². The van der Waals surface area contributed by atoms with Crippen LogP contribution in [0, 0.1) is 11.3 Å². The van der Waals surface area contributed by atoms with E-state index in [0.717, 1.165) is 18.6 Å². The molecule has 25 heavy (non-hydrogen) atoms. The first-order valence-electron chi connectivity index (χ1n) is 7.43. The Labute approximate surface area is 151 Å². The summed E-state index contributed by atoms with van der Waals surface area (Å²) in [6, 6.07) is 0. The molecule has 1 saturated carbocycles. The molecule has 11 heteroatoms. The topological polar surface area (TPSA) is 104 Å². The van der Waals surface area contributed by atoms with Gasteiger partial charge < -0.3 is 15.5 Å². The summed E-state index contributed by atoms with van der Waals surface area (Å²) in [7, 11) is 3.16. The Bertz CT molecular complexity index is 468. The molecule has 1 aliphatic rings. The van der Waals surface area contributed by atoms with Crippen LogP contribution in [0.5, 0.6) is 0 Å². The maximum absolute atomic E-state index is 11.9. The molecule has 0 heterocycles. The van der Waals surface area contributed by atoms with Crippen LogP contribution in [0.15, 0.2) is 0 Å². The summed E-state index contributed by atoms with van der Waals surface area (Å²) in [5.74, 6) is -1.25. The molecule has 0 bridgehead atoms. The van der Waals surface area contributed by atoms with E-state index in [2.05, 4.69) is 12.2 Å². The molecule has 0 radical (unpaired) electrons. The van der Waals surface area contributed by atoms with Gasteiger partial charge in [0.1, 0.15) is 0 Å². The van der Waals surface area contributed by atoms with E-state index in [-0.39, 0.29) is 17.7 Å². The standard InChI is InChI=1S/C12H21NO3S2.C2HF3O2/c1-9-7-12(2,8-9)11(16)13-4-6-18-17-5-3-10(14)15;3-2(4,5)1(6)7/h9H,3-8H2,1-2H3,(H,13,16)(H,14,15);(H,6,7). The van der Waals surface area contributed by atoms with Crippen molar-refractivity contribution in [2.75, 3.05) is 18.1 Å². The molecule has 0 unspecified atom stereocenters. The smallest absolute Gasteiger partial charge is 0.481 e. The number of hydrogen-bond donors (Lipinski definition) is 3. The zero-order valence-electron chi connectivity index (χ0n) is 13.9. The van der Waals surface area contributed by atoms with Gasteiger partial charge in [-0.15, -0.1) is 0 Å². The molecule has 0 aliphatic heterocycles. The maximum atomic E-state index is 11.9. The number of nitrogens with one attached hydrogen (secondary N) is 1. The van der Waals surface area contributed by atoms with Crippen molar-refractivity contribution in [3.8, 4) is 0 Å². The molecule has 1 aliphatic carbocycles. The van der Waals surface area contributed by atoms with E-state index in [1.165, 1.54) is 0 Å². The van der Waals surface area contributed by atoms with Gasteiger partial charge in [0.05, 0.1) is 6.42 Å². The van der Waals surface area contributed by atoms with Crippen molar-refractivity contribution >= 4 is 39.4 Å². The number of aliphatic carboxylic acids is 2. The zero-order valence-corrected chi connectivity index (χ0v) is 15.5. The fraction of sp³-hybridized carbons (Fsp3) is 0.786. The van der Waals surface area contributed by atoms with Crippen LogP contribution >= 0.6 is 21.6 Å². The second-order valence-electron chi connectivity index (χ2n) is 5.92. The molecule has 0 spiro atoms. The second-order valence-corrected chi connectivity index (χ2v) is 8.62. The fourth-order valence-corrected chi connectivity index (χ4v) is 4.22. The number of carboxylic acid groups (broad SMARTS) is 2. The Morgan fingerprint density at radius 2 is 1.64 bits per heavy atom. The largest absolute Gasteiger partial charge is 0.490 e. The van der Waals surface area contributed by atoms with Crippen LogP contribution in [-0.2, 0) is 14.4 Å². The van der Waals surface area contributed by atoms with Gasteiger partial charge in [-0.2, -0.15) is 13.2 Å². The lowest BCUT2D eigenvalue weighted by atomic mass is 9.63. The van der Waals surface area contributed by atoms with E-state index < -0.39 is 18.1 Å². The minimum atomic E-state index is -5.08. The molecule has 0 aromatic heterocycles. The highest BCUT2D eigenvalue weighted by atomic mass is 33.1. The molecular weight excluding hydrogens is 383 g/mol. The monoisotopic (exact) mass is 405 g/mol. The van der Waals surface area contributed by atoms with E-state index >= 15 is 0 Å². The summed E-state index contributed by atoms with van der Waals surface area (Å²) in [6.45, 7) is 4.86. The minimum Gasteiger partial charge on any atom is -0.481 e. The third-order valence-electron chi connectivity index (χ3n) is 3.34. The Hall–Kier alpha value is -1.10. The summed E-state index contributed by atoms with van der Waals surface area (Å²) in [5, 5.41) is 18.5. The van der Waals surface area contributed by atoms with Crippen molar-refractivity contribution in [3.63, 3.8) is 0 Å². The molecule has 1 rings (SSSR count). The predicted octanol–water partition coefficient (Wildman–Crippen LogP) is 3.03. The summed E-state index contributed by atoms with van der Waals surface area (Å²) < 4.78 is 31.7. The molecule has 3 N–H and O–H groups in total. The normalized spacial score (nSPS) is 22.2. The van der Waals surface area contributed by atoms with Gasteiger partial charge in [0.2, 0.25) is 5.91 Å². The molecule has 0 aromatic carbocycles. The lowest BCUT2D eigenvalue weighted by Crippen LogP contribution is -2.47. The highest BCUT2D eigenvalue weighted by Gasteiger charge is 2.43. The Morgan fingerprint density at radius 3 is 2.04 bits per heavy atom. The van der Waals surface area contributed by atoms with Crippen LogP contribution < -0.4 is 5.32 Å². The van der Waals surface area contributed by atoms with Gasteiger partial charge in [0.15, 0.2) is 0 Å². The van der Waals surface area contributed by atoms with Gasteiger partial charge in [0, 0.05) is 23.5 Å². The van der Waals surface area contributed by atoms with E-state index in [0.29, 0.717) is 18.2 Å². The Morgan fingerprint density at radius 1 is 1.16 bits per heavy atom. The first-order chi connectivity index (χ1) is 11.4.